The summed E-state index contributed by atoms with van der Waals surface area (Å²) in [6.07, 6.45) is 2.11. The molecule has 2 rings (SSSR count). The summed E-state index contributed by atoms with van der Waals surface area (Å²) in [5.41, 5.74) is 0. The van der Waals surface area contributed by atoms with Gasteiger partial charge in [0.1, 0.15) is 0 Å². The van der Waals surface area contributed by atoms with Gasteiger partial charge in [-0.15, -0.1) is 0 Å². The zero-order valence-corrected chi connectivity index (χ0v) is 13.0. The Morgan fingerprint density at radius 1 is 1.21 bits per heavy atom. The van der Waals surface area contributed by atoms with E-state index in [9.17, 15) is 8.42 Å². The highest BCUT2D eigenvalue weighted by molar-refractivity contribution is 9.10. The van der Waals surface area contributed by atoms with E-state index in [4.69, 9.17) is 4.74 Å². The number of halogens is 1. The zero-order valence-electron chi connectivity index (χ0n) is 10.6. The van der Waals surface area contributed by atoms with Crippen LogP contribution >= 0.6 is 15.9 Å². The predicted octanol–water partition coefficient (Wildman–Crippen LogP) is 2.20. The zero-order chi connectivity index (χ0) is 13.7. The van der Waals surface area contributed by atoms with Gasteiger partial charge in [0, 0.05) is 4.47 Å². The summed E-state index contributed by atoms with van der Waals surface area (Å²) in [7, 11) is -3.34. The SMILES string of the molecule is O=S(=O)(COCC1CCNCC1)c1ccc(Br)cc1. The Hall–Kier alpha value is -0.430. The number of nitrogens with one attached hydrogen (secondary N) is 1. The van der Waals surface area contributed by atoms with Crippen LogP contribution in [0.1, 0.15) is 12.8 Å². The molecule has 0 amide bonds. The first kappa shape index (κ1) is 15.0. The molecule has 19 heavy (non-hydrogen) atoms. The Balaban J connectivity index is 1.85. The molecule has 0 bridgehead atoms. The van der Waals surface area contributed by atoms with Crippen molar-refractivity contribution in [2.75, 3.05) is 25.6 Å². The molecule has 1 aromatic rings. The van der Waals surface area contributed by atoms with Crippen molar-refractivity contribution in [3.05, 3.63) is 28.7 Å². The molecule has 1 saturated heterocycles. The van der Waals surface area contributed by atoms with Crippen LogP contribution in [-0.4, -0.2) is 34.1 Å². The van der Waals surface area contributed by atoms with E-state index in [1.165, 1.54) is 0 Å². The van der Waals surface area contributed by atoms with Crippen LogP contribution in [0.15, 0.2) is 33.6 Å². The second-order valence-corrected chi connectivity index (χ2v) is 7.60. The summed E-state index contributed by atoms with van der Waals surface area (Å²) in [4.78, 5) is 0.306. The maximum atomic E-state index is 12.0. The fraction of sp³-hybridized carbons (Fsp3) is 0.538. The second-order valence-electron chi connectivity index (χ2n) is 4.75. The van der Waals surface area contributed by atoms with Gasteiger partial charge in [0.2, 0.25) is 9.84 Å². The lowest BCUT2D eigenvalue weighted by atomic mass is 10.00. The van der Waals surface area contributed by atoms with Crippen LogP contribution in [0.25, 0.3) is 0 Å². The quantitative estimate of drug-likeness (QED) is 0.886. The number of hydrogen-bond donors (Lipinski definition) is 1. The molecule has 1 aliphatic heterocycles. The lowest BCUT2D eigenvalue weighted by molar-refractivity contribution is 0.119. The molecule has 106 valence electrons. The first-order valence-electron chi connectivity index (χ1n) is 6.35. The van der Waals surface area contributed by atoms with Crippen molar-refractivity contribution in [1.82, 2.24) is 5.32 Å². The van der Waals surface area contributed by atoms with Crippen molar-refractivity contribution in [3.8, 4) is 0 Å². The number of hydrogen-bond acceptors (Lipinski definition) is 4. The third-order valence-corrected chi connectivity index (χ3v) is 5.22. The fourth-order valence-electron chi connectivity index (χ4n) is 2.08. The minimum atomic E-state index is -3.34. The Labute approximate surface area is 122 Å². The van der Waals surface area contributed by atoms with Gasteiger partial charge < -0.3 is 10.1 Å². The summed E-state index contributed by atoms with van der Waals surface area (Å²) in [6, 6.07) is 6.62. The van der Waals surface area contributed by atoms with Crippen molar-refractivity contribution in [3.63, 3.8) is 0 Å². The molecule has 1 N–H and O–H groups in total. The first-order chi connectivity index (χ1) is 9.08. The normalized spacial score (nSPS) is 17.5. The lowest BCUT2D eigenvalue weighted by Gasteiger charge is -2.22. The highest BCUT2D eigenvalue weighted by Crippen LogP contribution is 2.17. The van der Waals surface area contributed by atoms with E-state index in [1.54, 1.807) is 24.3 Å². The van der Waals surface area contributed by atoms with E-state index >= 15 is 0 Å². The van der Waals surface area contributed by atoms with Crippen LogP contribution in [0.3, 0.4) is 0 Å². The molecule has 1 aliphatic rings. The molecular weight excluding hydrogens is 330 g/mol. The summed E-state index contributed by atoms with van der Waals surface area (Å²) in [5.74, 6) is 0.236. The van der Waals surface area contributed by atoms with Crippen molar-refractivity contribution < 1.29 is 13.2 Å². The van der Waals surface area contributed by atoms with Gasteiger partial charge in [0.05, 0.1) is 11.5 Å². The molecule has 0 radical (unpaired) electrons. The molecular formula is C13H18BrNO3S. The lowest BCUT2D eigenvalue weighted by Crippen LogP contribution is -2.30. The molecule has 0 atom stereocenters. The first-order valence-corrected chi connectivity index (χ1v) is 8.79. The van der Waals surface area contributed by atoms with E-state index in [1.807, 2.05) is 0 Å². The highest BCUT2D eigenvalue weighted by atomic mass is 79.9. The number of rotatable bonds is 5. The van der Waals surface area contributed by atoms with Crippen LogP contribution in [-0.2, 0) is 14.6 Å². The van der Waals surface area contributed by atoms with Gasteiger partial charge in [0.15, 0.2) is 5.94 Å². The number of sulfone groups is 1. The van der Waals surface area contributed by atoms with Crippen LogP contribution in [0, 0.1) is 5.92 Å². The van der Waals surface area contributed by atoms with Crippen LogP contribution in [0.4, 0.5) is 0 Å². The van der Waals surface area contributed by atoms with Gasteiger partial charge in [-0.05, 0) is 56.1 Å². The van der Waals surface area contributed by atoms with Gasteiger partial charge >= 0.3 is 0 Å². The maximum absolute atomic E-state index is 12.0. The summed E-state index contributed by atoms with van der Waals surface area (Å²) in [6.45, 7) is 2.51. The van der Waals surface area contributed by atoms with Crippen LogP contribution < -0.4 is 5.32 Å². The summed E-state index contributed by atoms with van der Waals surface area (Å²) >= 11 is 3.28. The molecule has 1 fully saturated rings. The van der Waals surface area contributed by atoms with E-state index in [0.29, 0.717) is 17.4 Å². The number of piperidine rings is 1. The Bertz CT molecular complexity index is 495. The van der Waals surface area contributed by atoms with Crippen molar-refractivity contribution >= 4 is 25.8 Å². The minimum absolute atomic E-state index is 0.238. The molecule has 0 spiro atoms. The van der Waals surface area contributed by atoms with Gasteiger partial charge in [-0.1, -0.05) is 15.9 Å². The number of ether oxygens (including phenoxy) is 1. The van der Waals surface area contributed by atoms with Gasteiger partial charge in [-0.25, -0.2) is 8.42 Å². The monoisotopic (exact) mass is 347 g/mol. The standard InChI is InChI=1S/C13H18BrNO3S/c14-12-1-3-13(4-2-12)19(16,17)10-18-9-11-5-7-15-8-6-11/h1-4,11,15H,5-10H2. The highest BCUT2D eigenvalue weighted by Gasteiger charge is 2.17. The van der Waals surface area contributed by atoms with Crippen LogP contribution in [0.5, 0.6) is 0 Å². The van der Waals surface area contributed by atoms with Crippen molar-refractivity contribution in [2.45, 2.75) is 17.7 Å². The molecule has 0 unspecified atom stereocenters. The third kappa shape index (κ3) is 4.56. The molecule has 4 nitrogen and oxygen atoms in total. The molecule has 6 heteroatoms. The van der Waals surface area contributed by atoms with E-state index in [-0.39, 0.29) is 5.94 Å². The van der Waals surface area contributed by atoms with Crippen molar-refractivity contribution in [1.29, 1.82) is 0 Å². The average Bonchev–Trinajstić information content (AvgIpc) is 2.40. The largest absolute Gasteiger partial charge is 0.365 e. The topological polar surface area (TPSA) is 55.4 Å². The smallest absolute Gasteiger partial charge is 0.202 e. The molecule has 1 heterocycles. The van der Waals surface area contributed by atoms with E-state index in [0.717, 1.165) is 30.4 Å². The average molecular weight is 348 g/mol. The molecule has 1 aromatic carbocycles. The van der Waals surface area contributed by atoms with Gasteiger partial charge in [-0.2, -0.15) is 0 Å². The van der Waals surface area contributed by atoms with Crippen LogP contribution in [0.2, 0.25) is 0 Å². The predicted molar refractivity (Wildman–Crippen MR) is 77.7 cm³/mol. The Morgan fingerprint density at radius 2 is 1.84 bits per heavy atom. The Morgan fingerprint density at radius 3 is 2.47 bits per heavy atom. The third-order valence-electron chi connectivity index (χ3n) is 3.22. The van der Waals surface area contributed by atoms with E-state index < -0.39 is 9.84 Å². The summed E-state index contributed by atoms with van der Waals surface area (Å²) < 4.78 is 30.3. The van der Waals surface area contributed by atoms with Gasteiger partial charge in [0.25, 0.3) is 0 Å². The van der Waals surface area contributed by atoms with Crippen molar-refractivity contribution in [2.24, 2.45) is 5.92 Å². The maximum Gasteiger partial charge on any atom is 0.202 e. The number of benzene rings is 1. The van der Waals surface area contributed by atoms with Gasteiger partial charge in [-0.3, -0.25) is 0 Å². The molecule has 0 saturated carbocycles. The molecule has 0 aliphatic carbocycles. The molecule has 0 aromatic heterocycles. The summed E-state index contributed by atoms with van der Waals surface area (Å²) in [5, 5.41) is 3.27. The minimum Gasteiger partial charge on any atom is -0.365 e. The Kier molecular flexibility index (Phi) is 5.38. The second kappa shape index (κ2) is 6.83. The fourth-order valence-corrected chi connectivity index (χ4v) is 3.35. The van der Waals surface area contributed by atoms with E-state index in [2.05, 4.69) is 21.2 Å².